The zero-order valence-corrected chi connectivity index (χ0v) is 15.0. The Hall–Kier alpha value is -3.50. The van der Waals surface area contributed by atoms with Gasteiger partial charge in [0.05, 0.1) is 0 Å². The van der Waals surface area contributed by atoms with Crippen LogP contribution in [-0.2, 0) is 6.54 Å². The predicted molar refractivity (Wildman–Crippen MR) is 95.6 cm³/mol. The summed E-state index contributed by atoms with van der Waals surface area (Å²) in [4.78, 5) is 37.0. The van der Waals surface area contributed by atoms with Gasteiger partial charge in [0, 0.05) is 43.5 Å². The normalized spacial score (nSPS) is 14.0. The molecule has 1 aromatic heterocycles. The minimum Gasteiger partial charge on any atom is -0.502 e. The van der Waals surface area contributed by atoms with Crippen LogP contribution in [0.2, 0.25) is 0 Å². The fourth-order valence-electron chi connectivity index (χ4n) is 2.84. The monoisotopic (exact) mass is 410 g/mol. The zero-order chi connectivity index (χ0) is 21.1. The molecule has 0 fully saturated rings. The number of aromatic nitrogens is 1. The standard InChI is InChI=1S/C18H17F3N4O4/c19-9-5-12(20)10(13(21)6-9)7-23-17(28)11-8-25-14(16(27)15(11)26)18(29)22-3-1-2-4-24-25/h5-6,8,24,27H,1-4,7H2,(H,22,29)(H,23,28). The van der Waals surface area contributed by atoms with Gasteiger partial charge in [-0.3, -0.25) is 19.1 Å². The molecule has 0 atom stereocenters. The highest BCUT2D eigenvalue weighted by atomic mass is 19.1. The molecule has 2 heterocycles. The van der Waals surface area contributed by atoms with E-state index in [0.29, 0.717) is 38.1 Å². The number of pyridine rings is 1. The lowest BCUT2D eigenvalue weighted by Gasteiger charge is -2.16. The highest BCUT2D eigenvalue weighted by Crippen LogP contribution is 2.16. The molecule has 0 radical (unpaired) electrons. The smallest absolute Gasteiger partial charge is 0.273 e. The van der Waals surface area contributed by atoms with Crippen LogP contribution in [0.15, 0.2) is 23.1 Å². The molecule has 8 nitrogen and oxygen atoms in total. The van der Waals surface area contributed by atoms with Gasteiger partial charge in [-0.2, -0.15) is 0 Å². The van der Waals surface area contributed by atoms with Gasteiger partial charge < -0.3 is 21.2 Å². The minimum atomic E-state index is -1.20. The van der Waals surface area contributed by atoms with Crippen LogP contribution in [0.25, 0.3) is 0 Å². The summed E-state index contributed by atoms with van der Waals surface area (Å²) in [6.45, 7) is 0.0924. The summed E-state index contributed by atoms with van der Waals surface area (Å²) in [5, 5.41) is 14.9. The Balaban J connectivity index is 1.91. The number of amides is 2. The van der Waals surface area contributed by atoms with E-state index in [1.54, 1.807) is 0 Å². The second-order valence-electron chi connectivity index (χ2n) is 6.34. The summed E-state index contributed by atoms with van der Waals surface area (Å²) in [6, 6.07) is 0.921. The Morgan fingerprint density at radius 3 is 2.48 bits per heavy atom. The first kappa shape index (κ1) is 20.2. The Bertz CT molecular complexity index is 1020. The number of rotatable bonds is 3. The zero-order valence-electron chi connectivity index (χ0n) is 15.0. The molecular weight excluding hydrogens is 393 g/mol. The molecule has 0 aliphatic carbocycles. The van der Waals surface area contributed by atoms with Gasteiger partial charge in [0.1, 0.15) is 23.0 Å². The van der Waals surface area contributed by atoms with Gasteiger partial charge in [-0.25, -0.2) is 13.2 Å². The number of hydrogen-bond donors (Lipinski definition) is 4. The predicted octanol–water partition coefficient (Wildman–Crippen LogP) is 0.968. The van der Waals surface area contributed by atoms with E-state index in [4.69, 9.17) is 0 Å². The summed E-state index contributed by atoms with van der Waals surface area (Å²) in [5.74, 6) is -6.18. The van der Waals surface area contributed by atoms with Crippen LogP contribution < -0.4 is 21.5 Å². The molecule has 0 saturated heterocycles. The van der Waals surface area contributed by atoms with Gasteiger partial charge in [-0.05, 0) is 12.8 Å². The van der Waals surface area contributed by atoms with Gasteiger partial charge >= 0.3 is 0 Å². The minimum absolute atomic E-state index is 0.352. The number of benzene rings is 1. The van der Waals surface area contributed by atoms with Crippen molar-refractivity contribution in [2.24, 2.45) is 0 Å². The molecule has 2 amide bonds. The van der Waals surface area contributed by atoms with E-state index in [1.807, 2.05) is 0 Å². The quantitative estimate of drug-likeness (QED) is 0.603. The highest BCUT2D eigenvalue weighted by molar-refractivity contribution is 5.98. The first-order valence-electron chi connectivity index (χ1n) is 8.72. The lowest BCUT2D eigenvalue weighted by atomic mass is 10.1. The molecule has 2 aromatic rings. The lowest BCUT2D eigenvalue weighted by Crippen LogP contribution is -2.35. The van der Waals surface area contributed by atoms with Crippen LogP contribution in [0.1, 0.15) is 39.3 Å². The maximum Gasteiger partial charge on any atom is 0.273 e. The van der Waals surface area contributed by atoms with Crippen molar-refractivity contribution in [3.05, 3.63) is 62.8 Å². The topological polar surface area (TPSA) is 112 Å². The van der Waals surface area contributed by atoms with E-state index in [9.17, 15) is 32.7 Å². The van der Waals surface area contributed by atoms with Crippen molar-refractivity contribution in [1.29, 1.82) is 0 Å². The average Bonchev–Trinajstić information content (AvgIpc) is 2.74. The van der Waals surface area contributed by atoms with E-state index in [1.165, 1.54) is 0 Å². The van der Waals surface area contributed by atoms with Crippen molar-refractivity contribution in [3.63, 3.8) is 0 Å². The van der Waals surface area contributed by atoms with Gasteiger partial charge in [0.2, 0.25) is 5.43 Å². The number of fused-ring (bicyclic) bond motifs is 1. The SMILES string of the molecule is O=C(NCc1c(F)cc(F)cc1F)c1cn2c(c(O)c1=O)C(=O)NCCCCN2. The highest BCUT2D eigenvalue weighted by Gasteiger charge is 2.25. The Kier molecular flexibility index (Phi) is 5.76. The number of hydrogen-bond acceptors (Lipinski definition) is 5. The Morgan fingerprint density at radius 1 is 1.14 bits per heavy atom. The largest absolute Gasteiger partial charge is 0.502 e. The van der Waals surface area contributed by atoms with E-state index in [0.717, 1.165) is 10.9 Å². The van der Waals surface area contributed by atoms with Crippen LogP contribution in [0.3, 0.4) is 0 Å². The van der Waals surface area contributed by atoms with Crippen molar-refractivity contribution in [3.8, 4) is 5.75 Å². The van der Waals surface area contributed by atoms with Crippen molar-refractivity contribution >= 4 is 11.8 Å². The Labute approximate surface area is 162 Å². The molecule has 154 valence electrons. The molecule has 1 aromatic carbocycles. The van der Waals surface area contributed by atoms with Crippen molar-refractivity contribution in [2.75, 3.05) is 18.5 Å². The average molecular weight is 410 g/mol. The van der Waals surface area contributed by atoms with Gasteiger partial charge in [-0.15, -0.1) is 0 Å². The van der Waals surface area contributed by atoms with E-state index in [-0.39, 0.29) is 5.69 Å². The first-order valence-corrected chi connectivity index (χ1v) is 8.72. The van der Waals surface area contributed by atoms with Gasteiger partial charge in [0.15, 0.2) is 11.4 Å². The third-order valence-electron chi connectivity index (χ3n) is 4.35. The Morgan fingerprint density at radius 2 is 1.79 bits per heavy atom. The van der Waals surface area contributed by atoms with Crippen LogP contribution >= 0.6 is 0 Å². The van der Waals surface area contributed by atoms with E-state index in [2.05, 4.69) is 16.1 Å². The fourth-order valence-corrected chi connectivity index (χ4v) is 2.84. The molecule has 29 heavy (non-hydrogen) atoms. The summed E-state index contributed by atoms with van der Waals surface area (Å²) >= 11 is 0. The molecule has 0 bridgehead atoms. The molecule has 0 spiro atoms. The van der Waals surface area contributed by atoms with Gasteiger partial charge in [0.25, 0.3) is 11.8 Å². The first-order chi connectivity index (χ1) is 13.8. The second-order valence-corrected chi connectivity index (χ2v) is 6.34. The summed E-state index contributed by atoms with van der Waals surface area (Å²) in [6.07, 6.45) is 2.37. The summed E-state index contributed by atoms with van der Waals surface area (Å²) < 4.78 is 41.4. The molecule has 4 N–H and O–H groups in total. The van der Waals surface area contributed by atoms with Crippen LogP contribution in [0.5, 0.6) is 5.75 Å². The lowest BCUT2D eigenvalue weighted by molar-refractivity contribution is 0.0929. The second kappa shape index (κ2) is 8.25. The molecule has 1 aliphatic heterocycles. The number of carbonyl (C=O) groups is 2. The number of aromatic hydroxyl groups is 1. The number of halogens is 3. The van der Waals surface area contributed by atoms with E-state index < -0.39 is 58.1 Å². The summed E-state index contributed by atoms with van der Waals surface area (Å²) in [7, 11) is 0. The molecular formula is C18H17F3N4O4. The third-order valence-corrected chi connectivity index (χ3v) is 4.35. The molecule has 1 aliphatic rings. The van der Waals surface area contributed by atoms with Crippen molar-refractivity contribution in [1.82, 2.24) is 15.3 Å². The van der Waals surface area contributed by atoms with Crippen molar-refractivity contribution < 1.29 is 27.9 Å². The van der Waals surface area contributed by atoms with Crippen LogP contribution in [0.4, 0.5) is 13.2 Å². The fraction of sp³-hybridized carbons (Fsp3) is 0.278. The maximum atomic E-state index is 13.7. The number of nitrogens with one attached hydrogen (secondary N) is 3. The molecule has 3 rings (SSSR count). The molecule has 0 unspecified atom stereocenters. The molecule has 11 heteroatoms. The van der Waals surface area contributed by atoms with Gasteiger partial charge in [-0.1, -0.05) is 0 Å². The number of nitrogens with zero attached hydrogens (tertiary/aromatic N) is 1. The number of carbonyl (C=O) groups excluding carboxylic acids is 2. The van der Waals surface area contributed by atoms with Crippen LogP contribution in [-0.4, -0.2) is 34.7 Å². The van der Waals surface area contributed by atoms with E-state index >= 15 is 0 Å². The third kappa shape index (κ3) is 4.18. The van der Waals surface area contributed by atoms with Crippen molar-refractivity contribution in [2.45, 2.75) is 19.4 Å². The molecule has 0 saturated carbocycles. The summed E-state index contributed by atoms with van der Waals surface area (Å²) in [5.41, 5.74) is 0.194. The van der Waals surface area contributed by atoms with Crippen LogP contribution in [0, 0.1) is 17.5 Å². The maximum absolute atomic E-state index is 13.7.